The molecule has 4 fully saturated rings. The van der Waals surface area contributed by atoms with Gasteiger partial charge in [-0.2, -0.15) is 0 Å². The van der Waals surface area contributed by atoms with Gasteiger partial charge in [-0.15, -0.1) is 0 Å². The zero-order valence-corrected chi connectivity index (χ0v) is 28.6. The topological polar surface area (TPSA) is 91.0 Å². The van der Waals surface area contributed by atoms with E-state index in [0.29, 0.717) is 24.1 Å². The van der Waals surface area contributed by atoms with Crippen LogP contribution in [0.5, 0.6) is 0 Å². The Balaban J connectivity index is 1.03. The van der Waals surface area contributed by atoms with Gasteiger partial charge in [-0.05, 0) is 93.3 Å². The third-order valence-corrected chi connectivity index (χ3v) is 11.7. The lowest BCUT2D eigenvalue weighted by molar-refractivity contribution is -0.141. The number of nitrogens with zero attached hydrogens (tertiary/aromatic N) is 2. The van der Waals surface area contributed by atoms with Gasteiger partial charge in [-0.3, -0.25) is 14.4 Å². The molecule has 0 radical (unpaired) electrons. The summed E-state index contributed by atoms with van der Waals surface area (Å²) in [6.07, 6.45) is 12.9. The van der Waals surface area contributed by atoms with E-state index in [2.05, 4.69) is 59.7 Å². The summed E-state index contributed by atoms with van der Waals surface area (Å²) in [5.41, 5.74) is 2.18. The van der Waals surface area contributed by atoms with E-state index < -0.39 is 29.6 Å². The van der Waals surface area contributed by atoms with Crippen molar-refractivity contribution in [3.8, 4) is 0 Å². The molecule has 2 aromatic rings. The Labute approximate surface area is 285 Å². The molecule has 2 bridgehead atoms. The number of rotatable bonds is 11. The predicted molar refractivity (Wildman–Crippen MR) is 187 cm³/mol. The van der Waals surface area contributed by atoms with Crippen molar-refractivity contribution in [1.29, 1.82) is 0 Å². The molecule has 3 amide bonds. The maximum absolute atomic E-state index is 14.4. The first-order valence-electron chi connectivity index (χ1n) is 18.5. The smallest absolute Gasteiger partial charge is 0.246 e. The predicted octanol–water partition coefficient (Wildman–Crippen LogP) is 5.69. The van der Waals surface area contributed by atoms with Crippen molar-refractivity contribution in [1.82, 2.24) is 15.1 Å². The van der Waals surface area contributed by atoms with Crippen molar-refractivity contribution in [3.05, 3.63) is 77.9 Å². The number of piperidine rings is 1. The third kappa shape index (κ3) is 6.58. The van der Waals surface area contributed by atoms with E-state index >= 15 is 0 Å². The highest BCUT2D eigenvalue weighted by atomic mass is 16.5. The Bertz CT molecular complexity index is 1480. The lowest BCUT2D eigenvalue weighted by atomic mass is 9.74. The molecule has 4 heterocycles. The molecule has 1 spiro atoms. The highest BCUT2D eigenvalue weighted by Gasteiger charge is 2.72. The summed E-state index contributed by atoms with van der Waals surface area (Å²) in [4.78, 5) is 46.7. The molecule has 5 atom stereocenters. The van der Waals surface area contributed by atoms with Crippen molar-refractivity contribution in [2.75, 3.05) is 31.5 Å². The van der Waals surface area contributed by atoms with Gasteiger partial charge in [-0.25, -0.2) is 0 Å². The van der Waals surface area contributed by atoms with E-state index in [9.17, 15) is 14.4 Å². The van der Waals surface area contributed by atoms with Crippen molar-refractivity contribution in [3.63, 3.8) is 0 Å². The number of carbonyl (C=O) groups excluding carboxylic acids is 3. The van der Waals surface area contributed by atoms with E-state index in [4.69, 9.17) is 4.74 Å². The molecule has 0 aromatic heterocycles. The second-order valence-corrected chi connectivity index (χ2v) is 15.2. The monoisotopic (exact) mass is 652 g/mol. The minimum Gasteiger partial charge on any atom is -0.359 e. The van der Waals surface area contributed by atoms with Crippen LogP contribution in [0.15, 0.2) is 66.7 Å². The van der Waals surface area contributed by atoms with Crippen LogP contribution >= 0.6 is 0 Å². The van der Waals surface area contributed by atoms with E-state index in [0.717, 1.165) is 58.2 Å². The molecule has 1 saturated carbocycles. The zero-order chi connectivity index (χ0) is 33.3. The van der Waals surface area contributed by atoms with E-state index in [1.807, 2.05) is 36.4 Å². The lowest BCUT2D eigenvalue weighted by Gasteiger charge is -2.35. The van der Waals surface area contributed by atoms with Gasteiger partial charge in [0.15, 0.2) is 0 Å². The van der Waals surface area contributed by atoms with Crippen LogP contribution in [0.25, 0.3) is 0 Å². The maximum Gasteiger partial charge on any atom is 0.246 e. The summed E-state index contributed by atoms with van der Waals surface area (Å²) < 4.78 is 6.58. The molecule has 2 aromatic carbocycles. The quantitative estimate of drug-likeness (QED) is 0.305. The Hall–Kier alpha value is -3.49. The molecular formula is C40H52N4O4. The normalized spacial score (nSPS) is 29.1. The first kappa shape index (κ1) is 33.0. The second-order valence-electron chi connectivity index (χ2n) is 15.2. The number of amides is 3. The molecule has 7 rings (SSSR count). The summed E-state index contributed by atoms with van der Waals surface area (Å²) in [5, 5.41) is 6.37. The van der Waals surface area contributed by atoms with Gasteiger partial charge in [0.25, 0.3) is 0 Å². The van der Waals surface area contributed by atoms with Crippen molar-refractivity contribution < 1.29 is 19.1 Å². The number of anilines is 1. The van der Waals surface area contributed by atoms with Gasteiger partial charge in [-0.1, -0.05) is 87.7 Å². The number of benzene rings is 2. The minimum absolute atomic E-state index is 0.117. The fourth-order valence-electron chi connectivity index (χ4n) is 9.04. The van der Waals surface area contributed by atoms with Crippen LogP contribution in [0.1, 0.15) is 82.3 Å². The number of hydrogen-bond donors (Lipinski definition) is 2. The molecular weight excluding hydrogens is 600 g/mol. The van der Waals surface area contributed by atoms with Gasteiger partial charge >= 0.3 is 0 Å². The molecule has 1 aliphatic carbocycles. The SMILES string of the molecule is CC(C)c1ccc(NC(=O)[C@H]2[C@H]3C=C[C@@]4(O3)[C@H]2C(=O)N(CCCN2CCC(Cc3ccccc3)CC2)[C@@H]4C(=O)NC2CCCCC2)cc1. The Morgan fingerprint density at radius 1 is 0.917 bits per heavy atom. The van der Waals surface area contributed by atoms with Crippen LogP contribution in [-0.4, -0.2) is 77.5 Å². The van der Waals surface area contributed by atoms with Crippen molar-refractivity contribution in [2.45, 2.75) is 101 Å². The molecule has 8 nitrogen and oxygen atoms in total. The molecule has 8 heteroatoms. The number of hydrogen-bond acceptors (Lipinski definition) is 5. The van der Waals surface area contributed by atoms with Crippen LogP contribution in [-0.2, 0) is 25.5 Å². The lowest BCUT2D eigenvalue weighted by Crippen LogP contribution is -2.56. The minimum atomic E-state index is -1.13. The van der Waals surface area contributed by atoms with Gasteiger partial charge in [0.2, 0.25) is 17.7 Å². The van der Waals surface area contributed by atoms with Crippen molar-refractivity contribution in [2.24, 2.45) is 17.8 Å². The third-order valence-electron chi connectivity index (χ3n) is 11.7. The molecule has 3 saturated heterocycles. The van der Waals surface area contributed by atoms with E-state index in [-0.39, 0.29) is 23.8 Å². The van der Waals surface area contributed by atoms with Crippen LogP contribution in [0.3, 0.4) is 0 Å². The average molecular weight is 653 g/mol. The fraction of sp³-hybridized carbons (Fsp3) is 0.575. The van der Waals surface area contributed by atoms with E-state index in [1.165, 1.54) is 30.4 Å². The number of ether oxygens (including phenoxy) is 1. The van der Waals surface area contributed by atoms with Crippen LogP contribution in [0.4, 0.5) is 5.69 Å². The Kier molecular flexibility index (Phi) is 9.75. The Morgan fingerprint density at radius 3 is 2.35 bits per heavy atom. The van der Waals surface area contributed by atoms with Crippen LogP contribution in [0, 0.1) is 17.8 Å². The largest absolute Gasteiger partial charge is 0.359 e. The number of nitrogens with one attached hydrogen (secondary N) is 2. The highest BCUT2D eigenvalue weighted by molar-refractivity contribution is 6.02. The van der Waals surface area contributed by atoms with Gasteiger partial charge in [0.1, 0.15) is 11.6 Å². The van der Waals surface area contributed by atoms with Crippen LogP contribution < -0.4 is 10.6 Å². The van der Waals surface area contributed by atoms with Gasteiger partial charge in [0, 0.05) is 18.3 Å². The first-order valence-corrected chi connectivity index (χ1v) is 18.5. The van der Waals surface area contributed by atoms with Gasteiger partial charge < -0.3 is 25.2 Å². The summed E-state index contributed by atoms with van der Waals surface area (Å²) in [6, 6.07) is 18.0. The first-order chi connectivity index (χ1) is 23.3. The maximum atomic E-state index is 14.4. The summed E-state index contributed by atoms with van der Waals surface area (Å²) >= 11 is 0. The molecule has 256 valence electrons. The molecule has 0 unspecified atom stereocenters. The molecule has 5 aliphatic rings. The number of likely N-dealkylation sites (tertiary alicyclic amines) is 2. The van der Waals surface area contributed by atoms with Crippen LogP contribution in [0.2, 0.25) is 0 Å². The zero-order valence-electron chi connectivity index (χ0n) is 28.6. The summed E-state index contributed by atoms with van der Waals surface area (Å²) in [6.45, 7) is 7.73. The second kappa shape index (κ2) is 14.2. The Morgan fingerprint density at radius 2 is 1.65 bits per heavy atom. The fourth-order valence-corrected chi connectivity index (χ4v) is 9.04. The summed E-state index contributed by atoms with van der Waals surface area (Å²) in [7, 11) is 0. The average Bonchev–Trinajstić information content (AvgIpc) is 3.74. The van der Waals surface area contributed by atoms with Gasteiger partial charge in [0.05, 0.1) is 17.9 Å². The summed E-state index contributed by atoms with van der Waals surface area (Å²) in [5.74, 6) is -0.829. The number of carbonyl (C=O) groups is 3. The van der Waals surface area contributed by atoms with E-state index in [1.54, 1.807) is 4.90 Å². The molecule has 48 heavy (non-hydrogen) atoms. The molecule has 4 aliphatic heterocycles. The molecule has 2 N–H and O–H groups in total. The standard InChI is InChI=1S/C40H52N4O4/c1-27(2)30-14-16-32(17-15-30)41-37(45)34-33-18-21-40(48-33)35(34)39(47)44(36(40)38(46)42-31-12-7-4-8-13-31)23-9-22-43-24-19-29(20-25-43)26-28-10-5-3-6-11-28/h3,5-6,10-11,14-18,21,27,29,31,33-36H,4,7-9,12-13,19-20,22-26H2,1-2H3,(H,41,45)(H,42,46)/t33-,34+,35-,36-,40-/m1/s1. The number of fused-ring (bicyclic) bond motifs is 1. The highest BCUT2D eigenvalue weighted by Crippen LogP contribution is 2.55. The van der Waals surface area contributed by atoms with Crippen molar-refractivity contribution >= 4 is 23.4 Å².